The van der Waals surface area contributed by atoms with Crippen LogP contribution in [0.4, 0.5) is 27.7 Å². The van der Waals surface area contributed by atoms with Crippen LogP contribution in [-0.4, -0.2) is 67.3 Å². The van der Waals surface area contributed by atoms with E-state index < -0.39 is 0 Å². The molecule has 1 saturated heterocycles. The lowest BCUT2D eigenvalue weighted by molar-refractivity contribution is 0.160. The first kappa shape index (κ1) is 23.3. The van der Waals surface area contributed by atoms with E-state index in [0.29, 0.717) is 23.2 Å². The van der Waals surface area contributed by atoms with E-state index in [0.717, 1.165) is 48.6 Å². The summed E-state index contributed by atoms with van der Waals surface area (Å²) < 4.78 is 17.2. The molecule has 0 spiro atoms. The Kier molecular flexibility index (Phi) is 5.96. The summed E-state index contributed by atoms with van der Waals surface area (Å²) in [6, 6.07) is 3.92. The third-order valence-corrected chi connectivity index (χ3v) is 7.04. The van der Waals surface area contributed by atoms with Crippen molar-refractivity contribution in [2.75, 3.05) is 36.9 Å². The molecule has 0 bridgehead atoms. The van der Waals surface area contributed by atoms with E-state index in [1.807, 2.05) is 20.0 Å². The molecule has 35 heavy (non-hydrogen) atoms. The molecule has 0 unspecified atom stereocenters. The maximum Gasteiger partial charge on any atom is 0.253 e. The minimum atomic E-state index is -0.387. The molecule has 10 nitrogen and oxygen atoms in total. The molecule has 3 aromatic heterocycles. The first-order chi connectivity index (χ1) is 16.7. The van der Waals surface area contributed by atoms with Gasteiger partial charge in [0.05, 0.1) is 17.6 Å². The number of nitrogens with zero attached hydrogens (tertiary/aromatic N) is 8. The van der Waals surface area contributed by atoms with Crippen LogP contribution < -0.4 is 15.7 Å². The second kappa shape index (κ2) is 8.95. The Bertz CT molecular complexity index is 1310. The molecule has 1 aliphatic heterocycles. The van der Waals surface area contributed by atoms with Crippen molar-refractivity contribution in [2.45, 2.75) is 45.6 Å². The largest absolute Gasteiger partial charge is 0.427 e. The number of aryl methyl sites for hydroxylation is 2. The van der Waals surface area contributed by atoms with Gasteiger partial charge in [0.25, 0.3) is 5.95 Å². The lowest BCUT2D eigenvalue weighted by Gasteiger charge is -2.39. The van der Waals surface area contributed by atoms with Gasteiger partial charge in [-0.3, -0.25) is 4.68 Å². The summed E-state index contributed by atoms with van der Waals surface area (Å²) in [5.41, 5.74) is 2.77. The van der Waals surface area contributed by atoms with Crippen molar-refractivity contribution in [3.8, 4) is 0 Å². The molecule has 0 amide bonds. The highest BCUT2D eigenvalue weighted by atomic mass is 19.1. The zero-order valence-electron chi connectivity index (χ0n) is 20.8. The number of halogens is 1. The predicted molar refractivity (Wildman–Crippen MR) is 131 cm³/mol. The van der Waals surface area contributed by atoms with Crippen LogP contribution in [0.2, 0.25) is 0 Å². The van der Waals surface area contributed by atoms with Gasteiger partial charge in [-0.2, -0.15) is 19.8 Å². The molecule has 11 heteroatoms. The summed E-state index contributed by atoms with van der Waals surface area (Å²) in [4.78, 5) is 18.2. The van der Waals surface area contributed by atoms with E-state index in [1.165, 1.54) is 6.92 Å². The van der Waals surface area contributed by atoms with Crippen LogP contribution in [-0.2, 0) is 7.05 Å². The Morgan fingerprint density at radius 2 is 1.94 bits per heavy atom. The first-order valence-corrected chi connectivity index (χ1v) is 12.0. The van der Waals surface area contributed by atoms with Crippen LogP contribution in [0.3, 0.4) is 0 Å². The van der Waals surface area contributed by atoms with Crippen molar-refractivity contribution in [1.82, 2.24) is 29.4 Å². The summed E-state index contributed by atoms with van der Waals surface area (Å²) in [7, 11) is 4.01. The second-order valence-electron chi connectivity index (χ2n) is 9.65. The van der Waals surface area contributed by atoms with Crippen molar-refractivity contribution >= 4 is 23.3 Å². The minimum Gasteiger partial charge on any atom is -0.427 e. The number of aromatic nitrogens is 5. The number of hydrogen-bond donors (Lipinski definition) is 2. The molecular weight excluding hydrogens is 449 g/mol. The smallest absolute Gasteiger partial charge is 0.253 e. The van der Waals surface area contributed by atoms with Crippen LogP contribution >= 0.6 is 0 Å². The van der Waals surface area contributed by atoms with Gasteiger partial charge in [0.1, 0.15) is 5.82 Å². The second-order valence-corrected chi connectivity index (χ2v) is 9.65. The predicted octanol–water partition coefficient (Wildman–Crippen LogP) is 3.00. The third kappa shape index (κ3) is 4.60. The molecule has 4 heterocycles. The van der Waals surface area contributed by atoms with E-state index in [1.54, 1.807) is 16.9 Å². The zero-order chi connectivity index (χ0) is 24.9. The van der Waals surface area contributed by atoms with Gasteiger partial charge in [0.2, 0.25) is 0 Å². The van der Waals surface area contributed by atoms with E-state index in [2.05, 4.69) is 44.2 Å². The molecular formula is C24H32FN9O. The lowest BCUT2D eigenvalue weighted by atomic mass is 10.1. The molecule has 0 aromatic carbocycles. The van der Waals surface area contributed by atoms with Gasteiger partial charge in [0, 0.05) is 44.5 Å². The highest BCUT2D eigenvalue weighted by Crippen LogP contribution is 2.41. The molecule has 2 aliphatic rings. The van der Waals surface area contributed by atoms with Crippen molar-refractivity contribution in [2.24, 2.45) is 12.0 Å². The topological polar surface area (TPSA) is 99.6 Å². The number of anilines is 3. The minimum absolute atomic E-state index is 0.124. The van der Waals surface area contributed by atoms with E-state index >= 15 is 0 Å². The van der Waals surface area contributed by atoms with Crippen LogP contribution in [0, 0.1) is 19.7 Å². The zero-order valence-corrected chi connectivity index (χ0v) is 20.8. The Labute approximate surface area is 203 Å². The molecule has 2 N–H and O–H groups in total. The van der Waals surface area contributed by atoms with E-state index in [4.69, 9.17) is 4.98 Å². The number of piperazine rings is 1. The lowest BCUT2D eigenvalue weighted by Crippen LogP contribution is -2.50. The average Bonchev–Trinajstić information content (AvgIpc) is 3.61. The maximum atomic E-state index is 14.6. The maximum absolute atomic E-state index is 14.6. The van der Waals surface area contributed by atoms with Gasteiger partial charge in [-0.25, -0.2) is 9.37 Å². The quantitative estimate of drug-likeness (QED) is 0.541. The number of pyridine rings is 1. The summed E-state index contributed by atoms with van der Waals surface area (Å²) >= 11 is 0. The molecule has 0 radical (unpaired) electrons. The fourth-order valence-corrected chi connectivity index (χ4v) is 4.36. The summed E-state index contributed by atoms with van der Waals surface area (Å²) in [5.74, 6) is 1.21. The molecule has 2 fully saturated rings. The standard InChI is InChI=1S/C24H32FN9O/c1-14-10-20(30-32(14)5)27-23-19(33-9-8-31(4)15(2)13-33)12-26-24(29-23)28-21-11-18(17-6-7-17)22(25)16(3)34(21)35/h10-12,15,17,35H,6-9,13H2,1-5H3,(H,26,27,29,30)/t15-/m1/s1. The molecule has 186 valence electrons. The summed E-state index contributed by atoms with van der Waals surface area (Å²) in [6.45, 7) is 8.32. The number of nitrogens with one attached hydrogen (secondary N) is 1. The molecule has 3 aromatic rings. The Hall–Kier alpha value is -3.47. The molecule has 1 aliphatic carbocycles. The van der Waals surface area contributed by atoms with Gasteiger partial charge in [0.15, 0.2) is 17.1 Å². The highest BCUT2D eigenvalue weighted by molar-refractivity contribution is 5.71. The third-order valence-electron chi connectivity index (χ3n) is 7.04. The van der Waals surface area contributed by atoms with Gasteiger partial charge >= 0.3 is 0 Å². The normalized spacial score (nSPS) is 19.4. The Balaban J connectivity index is 1.57. The van der Waals surface area contributed by atoms with Crippen LogP contribution in [0.15, 0.2) is 23.3 Å². The van der Waals surface area contributed by atoms with Crippen LogP contribution in [0.1, 0.15) is 42.6 Å². The van der Waals surface area contributed by atoms with Crippen molar-refractivity contribution in [3.05, 3.63) is 46.6 Å². The van der Waals surface area contributed by atoms with E-state index in [9.17, 15) is 9.60 Å². The average molecular weight is 482 g/mol. The van der Waals surface area contributed by atoms with Crippen LogP contribution in [0.5, 0.6) is 0 Å². The monoisotopic (exact) mass is 481 g/mol. The van der Waals surface area contributed by atoms with Crippen molar-refractivity contribution < 1.29 is 9.60 Å². The first-order valence-electron chi connectivity index (χ1n) is 12.0. The van der Waals surface area contributed by atoms with Crippen molar-refractivity contribution in [1.29, 1.82) is 0 Å². The number of rotatable bonds is 5. The van der Waals surface area contributed by atoms with Crippen LogP contribution in [0.25, 0.3) is 0 Å². The number of likely N-dealkylation sites (N-methyl/N-ethyl adjacent to an activating group) is 1. The SMILES string of the molecule is Cc1cc(Nc2nc(N=c3cc(C4CC4)c(F)c(C)n3O)ncc2N2CCN(C)[C@H](C)C2)nn1C. The molecule has 1 saturated carbocycles. The van der Waals surface area contributed by atoms with Gasteiger partial charge in [-0.15, -0.1) is 0 Å². The molecule has 1 atom stereocenters. The van der Waals surface area contributed by atoms with E-state index in [-0.39, 0.29) is 28.9 Å². The van der Waals surface area contributed by atoms with Gasteiger partial charge in [-0.05, 0) is 58.2 Å². The fraction of sp³-hybridized carbons (Fsp3) is 0.500. The van der Waals surface area contributed by atoms with Gasteiger partial charge in [-0.1, -0.05) is 0 Å². The Morgan fingerprint density at radius 1 is 1.17 bits per heavy atom. The summed E-state index contributed by atoms with van der Waals surface area (Å²) in [5, 5.41) is 18.3. The Morgan fingerprint density at radius 3 is 2.60 bits per heavy atom. The number of hydrogen-bond acceptors (Lipinski definition) is 8. The van der Waals surface area contributed by atoms with Crippen molar-refractivity contribution in [3.63, 3.8) is 0 Å². The molecule has 5 rings (SSSR count). The van der Waals surface area contributed by atoms with Gasteiger partial charge < -0.3 is 20.3 Å². The summed E-state index contributed by atoms with van der Waals surface area (Å²) in [6.07, 6.45) is 3.64. The fourth-order valence-electron chi connectivity index (χ4n) is 4.36. The highest BCUT2D eigenvalue weighted by Gasteiger charge is 2.29.